The molecule has 0 radical (unpaired) electrons. The first-order valence-corrected chi connectivity index (χ1v) is 10.7. The Bertz CT molecular complexity index is 803. The molecule has 0 saturated carbocycles. The predicted octanol–water partition coefficient (Wildman–Crippen LogP) is 4.91. The second-order valence-corrected chi connectivity index (χ2v) is 8.32. The number of nitrogens with zero attached hydrogens (tertiary/aromatic N) is 1. The maximum atomic E-state index is 11.1. The number of benzene rings is 2. The van der Waals surface area contributed by atoms with Gasteiger partial charge in [0.25, 0.3) is 0 Å². The van der Waals surface area contributed by atoms with Gasteiger partial charge in [0.05, 0.1) is 5.92 Å². The lowest BCUT2D eigenvalue weighted by Crippen LogP contribution is -2.36. The number of carbonyl (C=O) groups is 1. The van der Waals surface area contributed by atoms with Crippen molar-refractivity contribution in [3.8, 4) is 0 Å². The van der Waals surface area contributed by atoms with Crippen molar-refractivity contribution < 1.29 is 9.90 Å². The van der Waals surface area contributed by atoms with Crippen LogP contribution in [0.15, 0.2) is 59.5 Å². The Hall–Kier alpha value is -2.04. The Morgan fingerprint density at radius 3 is 2.56 bits per heavy atom. The minimum Gasteiger partial charge on any atom is -0.481 e. The molecule has 0 spiro atoms. The summed E-state index contributed by atoms with van der Waals surface area (Å²) in [5.74, 6) is 0.214. The van der Waals surface area contributed by atoms with E-state index in [1.165, 1.54) is 27.2 Å². The fourth-order valence-electron chi connectivity index (χ4n) is 4.04. The molecule has 2 aliphatic heterocycles. The lowest BCUT2D eigenvalue weighted by atomic mass is 9.93. The molecule has 2 aliphatic rings. The van der Waals surface area contributed by atoms with Crippen LogP contribution in [0.1, 0.15) is 36.0 Å². The van der Waals surface area contributed by atoms with Crippen molar-refractivity contribution in [2.24, 2.45) is 5.92 Å². The second-order valence-electron chi connectivity index (χ2n) is 7.30. The van der Waals surface area contributed by atoms with Crippen LogP contribution in [0.2, 0.25) is 0 Å². The maximum Gasteiger partial charge on any atom is 0.306 e. The Morgan fingerprint density at radius 1 is 1.07 bits per heavy atom. The highest BCUT2D eigenvalue weighted by molar-refractivity contribution is 7.98. The van der Waals surface area contributed by atoms with Gasteiger partial charge in [-0.25, -0.2) is 0 Å². The molecule has 3 nitrogen and oxygen atoms in total. The molecule has 0 bridgehead atoms. The maximum absolute atomic E-state index is 11.1. The van der Waals surface area contributed by atoms with Crippen molar-refractivity contribution in [3.05, 3.63) is 71.3 Å². The summed E-state index contributed by atoms with van der Waals surface area (Å²) in [5, 5.41) is 9.15. The second kappa shape index (κ2) is 8.32. The summed E-state index contributed by atoms with van der Waals surface area (Å²) in [5.41, 5.74) is 5.41. The Morgan fingerprint density at radius 2 is 1.78 bits per heavy atom. The Labute approximate surface area is 165 Å². The highest BCUT2D eigenvalue weighted by Gasteiger charge is 2.24. The minimum absolute atomic E-state index is 0.155. The summed E-state index contributed by atoms with van der Waals surface area (Å²) in [4.78, 5) is 14.9. The molecule has 140 valence electrons. The van der Waals surface area contributed by atoms with Gasteiger partial charge in [0.1, 0.15) is 0 Å². The van der Waals surface area contributed by atoms with E-state index in [0.717, 1.165) is 44.6 Å². The summed E-state index contributed by atoms with van der Waals surface area (Å²) < 4.78 is 0. The molecule has 2 aromatic carbocycles. The first-order valence-electron chi connectivity index (χ1n) is 9.68. The number of hydrogen-bond donors (Lipinski definition) is 1. The van der Waals surface area contributed by atoms with Crippen LogP contribution in [-0.4, -0.2) is 35.6 Å². The van der Waals surface area contributed by atoms with Gasteiger partial charge in [0.15, 0.2) is 0 Å². The minimum atomic E-state index is -0.638. The first kappa shape index (κ1) is 18.3. The van der Waals surface area contributed by atoms with E-state index >= 15 is 0 Å². The van der Waals surface area contributed by atoms with Gasteiger partial charge < -0.3 is 10.0 Å². The fourth-order valence-corrected chi connectivity index (χ4v) is 5.11. The Kier molecular flexibility index (Phi) is 5.65. The van der Waals surface area contributed by atoms with E-state index in [9.17, 15) is 4.79 Å². The summed E-state index contributed by atoms with van der Waals surface area (Å²) >= 11 is 1.91. The number of piperidine rings is 1. The van der Waals surface area contributed by atoms with Gasteiger partial charge in [-0.05, 0) is 60.7 Å². The van der Waals surface area contributed by atoms with E-state index in [-0.39, 0.29) is 5.92 Å². The summed E-state index contributed by atoms with van der Waals surface area (Å²) in [6.45, 7) is 2.78. The number of hydrogen-bond acceptors (Lipinski definition) is 3. The largest absolute Gasteiger partial charge is 0.481 e. The van der Waals surface area contributed by atoms with E-state index in [4.69, 9.17) is 5.11 Å². The van der Waals surface area contributed by atoms with Crippen LogP contribution in [-0.2, 0) is 10.5 Å². The zero-order valence-electron chi connectivity index (χ0n) is 15.4. The highest BCUT2D eigenvalue weighted by atomic mass is 32.2. The normalized spacial score (nSPS) is 19.3. The topological polar surface area (TPSA) is 40.5 Å². The van der Waals surface area contributed by atoms with E-state index in [1.807, 2.05) is 11.8 Å². The number of rotatable bonds is 4. The summed E-state index contributed by atoms with van der Waals surface area (Å²) in [6, 6.07) is 17.4. The molecule has 4 rings (SSSR count). The molecule has 0 unspecified atom stereocenters. The standard InChI is InChI=1S/C23H25NO2S/c25-23(26)17-11-14-24(15-12-17)13-5-9-20-19-7-2-1-6-18(19)16-27-22-10-4-3-8-21(20)22/h1-4,6-10,17H,5,11-16H2,(H,25,26)/b20-9+. The van der Waals surface area contributed by atoms with Crippen LogP contribution < -0.4 is 0 Å². The van der Waals surface area contributed by atoms with E-state index in [1.54, 1.807) is 0 Å². The molecule has 2 aromatic rings. The number of thioether (sulfide) groups is 1. The SMILES string of the molecule is O=C(O)C1CCN(CC/C=C2\c3ccccc3CSc3ccccc32)CC1. The van der Waals surface area contributed by atoms with Crippen LogP contribution in [0.4, 0.5) is 0 Å². The van der Waals surface area contributed by atoms with Crippen molar-refractivity contribution in [2.75, 3.05) is 19.6 Å². The third kappa shape index (κ3) is 4.12. The average molecular weight is 380 g/mol. The Balaban J connectivity index is 1.52. The quantitative estimate of drug-likeness (QED) is 0.819. The molecular formula is C23H25NO2S. The number of fused-ring (bicyclic) bond motifs is 2. The van der Waals surface area contributed by atoms with E-state index < -0.39 is 5.97 Å². The van der Waals surface area contributed by atoms with Crippen molar-refractivity contribution in [1.29, 1.82) is 0 Å². The number of likely N-dealkylation sites (tertiary alicyclic amines) is 1. The lowest BCUT2D eigenvalue weighted by Gasteiger charge is -2.29. The molecule has 0 atom stereocenters. The van der Waals surface area contributed by atoms with Gasteiger partial charge in [-0.3, -0.25) is 4.79 Å². The van der Waals surface area contributed by atoms with Crippen molar-refractivity contribution in [2.45, 2.75) is 29.9 Å². The van der Waals surface area contributed by atoms with Crippen molar-refractivity contribution in [1.82, 2.24) is 4.90 Å². The predicted molar refractivity (Wildman–Crippen MR) is 111 cm³/mol. The van der Waals surface area contributed by atoms with Gasteiger partial charge in [-0.2, -0.15) is 0 Å². The summed E-state index contributed by atoms with van der Waals surface area (Å²) in [7, 11) is 0. The number of carboxylic acids is 1. The molecule has 0 amide bonds. The molecule has 0 aliphatic carbocycles. The monoisotopic (exact) mass is 379 g/mol. The molecule has 1 fully saturated rings. The van der Waals surface area contributed by atoms with Gasteiger partial charge in [-0.15, -0.1) is 11.8 Å². The van der Waals surface area contributed by atoms with Gasteiger partial charge in [0.2, 0.25) is 0 Å². The van der Waals surface area contributed by atoms with Gasteiger partial charge in [0, 0.05) is 17.2 Å². The fraction of sp³-hybridized carbons (Fsp3) is 0.348. The molecule has 0 aromatic heterocycles. The summed E-state index contributed by atoms with van der Waals surface area (Å²) in [6.07, 6.45) is 4.91. The smallest absolute Gasteiger partial charge is 0.306 e. The molecule has 2 heterocycles. The zero-order valence-corrected chi connectivity index (χ0v) is 16.3. The lowest BCUT2D eigenvalue weighted by molar-refractivity contribution is -0.143. The van der Waals surface area contributed by atoms with Crippen LogP contribution in [0, 0.1) is 5.92 Å². The van der Waals surface area contributed by atoms with Crippen LogP contribution >= 0.6 is 11.8 Å². The molecular weight excluding hydrogens is 354 g/mol. The molecule has 1 saturated heterocycles. The van der Waals surface area contributed by atoms with Crippen molar-refractivity contribution in [3.63, 3.8) is 0 Å². The van der Waals surface area contributed by atoms with Gasteiger partial charge in [-0.1, -0.05) is 48.5 Å². The highest BCUT2D eigenvalue weighted by Crippen LogP contribution is 2.40. The van der Waals surface area contributed by atoms with Crippen LogP contribution in [0.5, 0.6) is 0 Å². The third-order valence-electron chi connectivity index (χ3n) is 5.60. The van der Waals surface area contributed by atoms with E-state index in [0.29, 0.717) is 0 Å². The first-order chi connectivity index (χ1) is 13.2. The zero-order chi connectivity index (χ0) is 18.6. The average Bonchev–Trinajstić information content (AvgIpc) is 2.86. The molecule has 1 N–H and O–H groups in total. The van der Waals surface area contributed by atoms with Gasteiger partial charge >= 0.3 is 5.97 Å². The van der Waals surface area contributed by atoms with Crippen molar-refractivity contribution >= 4 is 23.3 Å². The number of carboxylic acid groups (broad SMARTS) is 1. The van der Waals surface area contributed by atoms with E-state index in [2.05, 4.69) is 59.5 Å². The molecule has 27 heavy (non-hydrogen) atoms. The van der Waals surface area contributed by atoms with Crippen LogP contribution in [0.3, 0.4) is 0 Å². The third-order valence-corrected chi connectivity index (χ3v) is 6.72. The number of aliphatic carboxylic acids is 1. The molecule has 4 heteroatoms. The van der Waals surface area contributed by atoms with Crippen LogP contribution in [0.25, 0.3) is 5.57 Å².